The van der Waals surface area contributed by atoms with Crippen molar-refractivity contribution in [3.63, 3.8) is 0 Å². The fourth-order valence-electron chi connectivity index (χ4n) is 2.65. The van der Waals surface area contributed by atoms with Crippen LogP contribution in [0.2, 0.25) is 0 Å². The zero-order valence-corrected chi connectivity index (χ0v) is 16.1. The van der Waals surface area contributed by atoms with E-state index in [0.29, 0.717) is 0 Å². The van der Waals surface area contributed by atoms with E-state index in [-0.39, 0.29) is 22.8 Å². The molecule has 5 heteroatoms. The summed E-state index contributed by atoms with van der Waals surface area (Å²) in [6, 6.07) is 26.5. The van der Waals surface area contributed by atoms with Crippen molar-refractivity contribution in [2.24, 2.45) is 4.99 Å². The minimum atomic E-state index is -0.237. The molecule has 4 aromatic rings. The lowest BCUT2D eigenvalue weighted by molar-refractivity contribution is -0.00000549. The Kier molecular flexibility index (Phi) is 5.81. The van der Waals surface area contributed by atoms with E-state index in [1.165, 1.54) is 12.1 Å². The van der Waals surface area contributed by atoms with E-state index in [2.05, 4.69) is 9.95 Å². The van der Waals surface area contributed by atoms with Crippen LogP contribution in [0.4, 0.5) is 10.1 Å². The Morgan fingerprint density at radius 3 is 2.04 bits per heavy atom. The van der Waals surface area contributed by atoms with Crippen molar-refractivity contribution in [2.45, 2.75) is 0 Å². The Labute approximate surface area is 165 Å². The van der Waals surface area contributed by atoms with E-state index in [1.54, 1.807) is 23.5 Å². The second-order valence-corrected chi connectivity index (χ2v) is 6.37. The van der Waals surface area contributed by atoms with E-state index < -0.39 is 0 Å². The SMILES string of the molecule is Fc1ccc(-c2csc(=Nc3ccccc3)n2-c2ccccc2)cc1.[Br-]. The summed E-state index contributed by atoms with van der Waals surface area (Å²) in [6.07, 6.45) is 0. The molecule has 0 bridgehead atoms. The molecule has 0 saturated carbocycles. The number of thiazole rings is 1. The van der Waals surface area contributed by atoms with Gasteiger partial charge < -0.3 is 17.0 Å². The van der Waals surface area contributed by atoms with Crippen LogP contribution in [0, 0.1) is 5.82 Å². The number of para-hydroxylation sites is 2. The van der Waals surface area contributed by atoms with Gasteiger partial charge in [0.15, 0.2) is 4.80 Å². The van der Waals surface area contributed by atoms with Crippen LogP contribution in [0.3, 0.4) is 0 Å². The highest BCUT2D eigenvalue weighted by Crippen LogP contribution is 2.24. The maximum atomic E-state index is 13.3. The summed E-state index contributed by atoms with van der Waals surface area (Å²) in [5, 5.41) is 2.06. The second-order valence-electron chi connectivity index (χ2n) is 5.53. The standard InChI is InChI=1S/C21H15FN2S.BrH/c22-17-13-11-16(12-14-17)20-15-25-21(23-18-7-3-1-4-8-18)24(20)19-9-5-2-6-10-19;/h1-15H;1H/p-1. The van der Waals surface area contributed by atoms with Crippen molar-refractivity contribution < 1.29 is 21.4 Å². The van der Waals surface area contributed by atoms with Crippen LogP contribution in [-0.4, -0.2) is 4.57 Å². The molecule has 26 heavy (non-hydrogen) atoms. The fraction of sp³-hybridized carbons (Fsp3) is 0. The van der Waals surface area contributed by atoms with Crippen molar-refractivity contribution in [3.8, 4) is 16.9 Å². The van der Waals surface area contributed by atoms with Gasteiger partial charge in [0.1, 0.15) is 5.82 Å². The van der Waals surface area contributed by atoms with E-state index in [1.807, 2.05) is 60.7 Å². The molecule has 3 aromatic carbocycles. The molecule has 1 heterocycles. The molecule has 4 rings (SSSR count). The Balaban J connectivity index is 0.00000196. The monoisotopic (exact) mass is 425 g/mol. The molecular weight excluding hydrogens is 411 g/mol. The lowest BCUT2D eigenvalue weighted by atomic mass is 10.1. The topological polar surface area (TPSA) is 17.3 Å². The predicted molar refractivity (Wildman–Crippen MR) is 101 cm³/mol. The van der Waals surface area contributed by atoms with Gasteiger partial charge in [0.05, 0.1) is 11.4 Å². The van der Waals surface area contributed by atoms with E-state index in [4.69, 9.17) is 4.99 Å². The van der Waals surface area contributed by atoms with Crippen molar-refractivity contribution >= 4 is 17.0 Å². The molecule has 0 fully saturated rings. The minimum absolute atomic E-state index is 0. The van der Waals surface area contributed by atoms with Gasteiger partial charge in [-0.2, -0.15) is 0 Å². The first-order valence-corrected chi connectivity index (χ1v) is 8.81. The molecule has 0 unspecified atom stereocenters. The van der Waals surface area contributed by atoms with Gasteiger partial charge in [0.25, 0.3) is 0 Å². The summed E-state index contributed by atoms with van der Waals surface area (Å²) in [4.78, 5) is 5.66. The summed E-state index contributed by atoms with van der Waals surface area (Å²) in [7, 11) is 0. The summed E-state index contributed by atoms with van der Waals surface area (Å²) < 4.78 is 15.4. The zero-order chi connectivity index (χ0) is 17.1. The normalized spacial score (nSPS) is 11.2. The molecule has 2 nitrogen and oxygen atoms in total. The number of hydrogen-bond acceptors (Lipinski definition) is 2. The number of nitrogens with zero attached hydrogens (tertiary/aromatic N) is 2. The molecule has 0 aliphatic rings. The Morgan fingerprint density at radius 1 is 0.769 bits per heavy atom. The van der Waals surface area contributed by atoms with Crippen LogP contribution in [-0.2, 0) is 0 Å². The zero-order valence-electron chi connectivity index (χ0n) is 13.7. The van der Waals surface area contributed by atoms with Crippen molar-refractivity contribution in [3.05, 3.63) is 101 Å². The molecule has 0 amide bonds. The average molecular weight is 426 g/mol. The van der Waals surface area contributed by atoms with Crippen molar-refractivity contribution in [2.75, 3.05) is 0 Å². The maximum Gasteiger partial charge on any atom is 0.195 e. The summed E-state index contributed by atoms with van der Waals surface area (Å²) in [5.74, 6) is -0.237. The van der Waals surface area contributed by atoms with Gasteiger partial charge in [-0.15, -0.1) is 11.3 Å². The van der Waals surface area contributed by atoms with Crippen LogP contribution < -0.4 is 21.8 Å². The molecular formula is C21H15BrFN2S-. The van der Waals surface area contributed by atoms with E-state index in [0.717, 1.165) is 27.4 Å². The Bertz CT molecular complexity index is 1040. The average Bonchev–Trinajstić information content (AvgIpc) is 3.07. The lowest BCUT2D eigenvalue weighted by Crippen LogP contribution is -3.00. The van der Waals surface area contributed by atoms with Gasteiger partial charge >= 0.3 is 0 Å². The van der Waals surface area contributed by atoms with Crippen LogP contribution >= 0.6 is 11.3 Å². The first-order chi connectivity index (χ1) is 12.3. The molecule has 130 valence electrons. The summed E-state index contributed by atoms with van der Waals surface area (Å²) >= 11 is 1.57. The van der Waals surface area contributed by atoms with Gasteiger partial charge in [-0.1, -0.05) is 36.4 Å². The molecule has 0 aliphatic heterocycles. The number of halogens is 2. The van der Waals surface area contributed by atoms with Crippen molar-refractivity contribution in [1.29, 1.82) is 0 Å². The third-order valence-corrected chi connectivity index (χ3v) is 4.67. The summed E-state index contributed by atoms with van der Waals surface area (Å²) in [5.41, 5.74) is 3.87. The smallest absolute Gasteiger partial charge is 0.195 e. The van der Waals surface area contributed by atoms with E-state index in [9.17, 15) is 4.39 Å². The second kappa shape index (κ2) is 8.25. The molecule has 0 N–H and O–H groups in total. The third kappa shape index (κ3) is 3.84. The predicted octanol–water partition coefficient (Wildman–Crippen LogP) is 2.58. The van der Waals surface area contributed by atoms with Gasteiger partial charge in [-0.25, -0.2) is 9.38 Å². The van der Waals surface area contributed by atoms with E-state index >= 15 is 0 Å². The quantitative estimate of drug-likeness (QED) is 0.479. The van der Waals surface area contributed by atoms with Crippen molar-refractivity contribution in [1.82, 2.24) is 4.57 Å². The Morgan fingerprint density at radius 2 is 1.38 bits per heavy atom. The number of rotatable bonds is 3. The number of aromatic nitrogens is 1. The lowest BCUT2D eigenvalue weighted by Gasteiger charge is -2.09. The molecule has 0 atom stereocenters. The third-order valence-electron chi connectivity index (χ3n) is 3.84. The number of benzene rings is 3. The molecule has 0 saturated heterocycles. The maximum absolute atomic E-state index is 13.3. The van der Waals surface area contributed by atoms with Gasteiger partial charge in [-0.05, 0) is 54.1 Å². The molecule has 1 aromatic heterocycles. The first kappa shape index (κ1) is 18.3. The molecule has 0 aliphatic carbocycles. The minimum Gasteiger partial charge on any atom is -1.00 e. The van der Waals surface area contributed by atoms with Crippen LogP contribution in [0.25, 0.3) is 16.9 Å². The molecule has 0 spiro atoms. The molecule has 0 radical (unpaired) electrons. The Hall–Kier alpha value is -2.50. The fourth-order valence-corrected chi connectivity index (χ4v) is 3.58. The van der Waals surface area contributed by atoms with Crippen LogP contribution in [0.5, 0.6) is 0 Å². The first-order valence-electron chi connectivity index (χ1n) is 7.93. The van der Waals surface area contributed by atoms with Gasteiger partial charge in [0.2, 0.25) is 0 Å². The van der Waals surface area contributed by atoms with Crippen LogP contribution in [0.15, 0.2) is 95.3 Å². The highest BCUT2D eigenvalue weighted by molar-refractivity contribution is 7.07. The largest absolute Gasteiger partial charge is 1.00 e. The van der Waals surface area contributed by atoms with Gasteiger partial charge in [-0.3, -0.25) is 4.57 Å². The highest BCUT2D eigenvalue weighted by Gasteiger charge is 2.10. The van der Waals surface area contributed by atoms with Gasteiger partial charge in [0, 0.05) is 11.1 Å². The highest BCUT2D eigenvalue weighted by atomic mass is 79.9. The van der Waals surface area contributed by atoms with Crippen LogP contribution in [0.1, 0.15) is 0 Å². The summed E-state index contributed by atoms with van der Waals surface area (Å²) in [6.45, 7) is 0. The number of hydrogen-bond donors (Lipinski definition) is 0.